The van der Waals surface area contributed by atoms with Gasteiger partial charge in [0.15, 0.2) is 0 Å². The zero-order chi connectivity index (χ0) is 23.3. The first-order chi connectivity index (χ1) is 15.3. The molecule has 32 heavy (non-hydrogen) atoms. The Labute approximate surface area is 187 Å². The van der Waals surface area contributed by atoms with Crippen LogP contribution < -0.4 is 21.3 Å². The van der Waals surface area contributed by atoms with Gasteiger partial charge < -0.3 is 21.3 Å². The van der Waals surface area contributed by atoms with E-state index in [2.05, 4.69) is 15.5 Å². The summed E-state index contributed by atoms with van der Waals surface area (Å²) in [5.74, 6) is -2.16. The maximum Gasteiger partial charge on any atom is 0.254 e. The standard InChI is InChI=1S/C24H29FN4O3/c1-15(2)21(28-23(31)19-5-3-4-6-20(19)25)24(32)27-17-7-9-18(10-8-17)29-13-11-16(12-14-29)22(26)30/h3-10,15-16,21H,11-14H2,1-2H3,(H2,26,30)(H,27,32)(H,28,31). The van der Waals surface area contributed by atoms with E-state index in [-0.39, 0.29) is 29.2 Å². The Hall–Kier alpha value is -3.42. The molecule has 2 aromatic carbocycles. The Morgan fingerprint density at radius 3 is 2.22 bits per heavy atom. The normalized spacial score (nSPS) is 15.3. The summed E-state index contributed by atoms with van der Waals surface area (Å²) in [5.41, 5.74) is 6.88. The number of hydrogen-bond donors (Lipinski definition) is 3. The van der Waals surface area contributed by atoms with E-state index >= 15 is 0 Å². The Morgan fingerprint density at radius 2 is 1.66 bits per heavy atom. The molecule has 170 valence electrons. The molecule has 0 saturated carbocycles. The van der Waals surface area contributed by atoms with Crippen molar-refractivity contribution in [3.05, 3.63) is 59.9 Å². The van der Waals surface area contributed by atoms with Crippen LogP contribution in [0.2, 0.25) is 0 Å². The van der Waals surface area contributed by atoms with Crippen molar-refractivity contribution >= 4 is 29.1 Å². The third kappa shape index (κ3) is 5.63. The summed E-state index contributed by atoms with van der Waals surface area (Å²) >= 11 is 0. The molecule has 1 atom stereocenters. The van der Waals surface area contributed by atoms with Gasteiger partial charge in [-0.25, -0.2) is 4.39 Å². The number of hydrogen-bond acceptors (Lipinski definition) is 4. The van der Waals surface area contributed by atoms with Crippen LogP contribution in [0.3, 0.4) is 0 Å². The van der Waals surface area contributed by atoms with Gasteiger partial charge >= 0.3 is 0 Å². The maximum absolute atomic E-state index is 13.9. The summed E-state index contributed by atoms with van der Waals surface area (Å²) in [6.45, 7) is 5.11. The number of halogens is 1. The molecule has 1 fully saturated rings. The van der Waals surface area contributed by atoms with E-state index in [1.54, 1.807) is 18.2 Å². The first-order valence-corrected chi connectivity index (χ1v) is 10.8. The largest absolute Gasteiger partial charge is 0.371 e. The van der Waals surface area contributed by atoms with Crippen molar-refractivity contribution in [2.75, 3.05) is 23.3 Å². The molecule has 0 bridgehead atoms. The molecular formula is C24H29FN4O3. The van der Waals surface area contributed by atoms with Gasteiger partial charge in [0.2, 0.25) is 11.8 Å². The van der Waals surface area contributed by atoms with Gasteiger partial charge in [-0.1, -0.05) is 26.0 Å². The predicted molar refractivity (Wildman–Crippen MR) is 122 cm³/mol. The van der Waals surface area contributed by atoms with Crippen molar-refractivity contribution in [1.29, 1.82) is 0 Å². The minimum Gasteiger partial charge on any atom is -0.371 e. The zero-order valence-corrected chi connectivity index (χ0v) is 18.3. The fourth-order valence-corrected chi connectivity index (χ4v) is 3.80. The molecule has 1 aliphatic rings. The molecule has 2 aromatic rings. The smallest absolute Gasteiger partial charge is 0.254 e. The first-order valence-electron chi connectivity index (χ1n) is 10.8. The Balaban J connectivity index is 1.61. The molecule has 0 spiro atoms. The van der Waals surface area contributed by atoms with Crippen LogP contribution >= 0.6 is 0 Å². The summed E-state index contributed by atoms with van der Waals surface area (Å²) in [4.78, 5) is 38.8. The number of carbonyl (C=O) groups excluding carboxylic acids is 3. The Morgan fingerprint density at radius 1 is 1.03 bits per heavy atom. The second kappa shape index (κ2) is 10.3. The van der Waals surface area contributed by atoms with Gasteiger partial charge in [0.05, 0.1) is 5.56 Å². The molecule has 0 radical (unpaired) electrons. The van der Waals surface area contributed by atoms with Crippen molar-refractivity contribution < 1.29 is 18.8 Å². The number of benzene rings is 2. The van der Waals surface area contributed by atoms with Crippen LogP contribution in [0.15, 0.2) is 48.5 Å². The molecule has 3 amide bonds. The summed E-state index contributed by atoms with van der Waals surface area (Å²) in [6, 6.07) is 12.2. The number of nitrogens with zero attached hydrogens (tertiary/aromatic N) is 1. The lowest BCUT2D eigenvalue weighted by molar-refractivity contribution is -0.122. The second-order valence-corrected chi connectivity index (χ2v) is 8.37. The SMILES string of the molecule is CC(C)C(NC(=O)c1ccccc1F)C(=O)Nc1ccc(N2CCC(C(N)=O)CC2)cc1. The lowest BCUT2D eigenvalue weighted by atomic mass is 9.96. The van der Waals surface area contributed by atoms with Crippen LogP contribution in [-0.2, 0) is 9.59 Å². The zero-order valence-electron chi connectivity index (χ0n) is 18.3. The van der Waals surface area contributed by atoms with Gasteiger partial charge in [-0.05, 0) is 55.2 Å². The number of anilines is 2. The van der Waals surface area contributed by atoms with E-state index in [0.29, 0.717) is 5.69 Å². The second-order valence-electron chi connectivity index (χ2n) is 8.37. The number of amides is 3. The highest BCUT2D eigenvalue weighted by atomic mass is 19.1. The van der Waals surface area contributed by atoms with Gasteiger partial charge in [0.1, 0.15) is 11.9 Å². The van der Waals surface area contributed by atoms with Gasteiger partial charge in [0, 0.05) is 30.4 Å². The van der Waals surface area contributed by atoms with Crippen LogP contribution in [-0.4, -0.2) is 36.9 Å². The van der Waals surface area contributed by atoms with Crippen molar-refractivity contribution in [1.82, 2.24) is 5.32 Å². The fourth-order valence-electron chi connectivity index (χ4n) is 3.80. The molecule has 0 aliphatic carbocycles. The molecular weight excluding hydrogens is 411 g/mol. The summed E-state index contributed by atoms with van der Waals surface area (Å²) in [6.07, 6.45) is 1.46. The fraction of sp³-hybridized carbons (Fsp3) is 0.375. The van der Waals surface area contributed by atoms with E-state index in [0.717, 1.165) is 31.6 Å². The van der Waals surface area contributed by atoms with Crippen molar-refractivity contribution in [3.63, 3.8) is 0 Å². The van der Waals surface area contributed by atoms with E-state index in [4.69, 9.17) is 5.73 Å². The first kappa shape index (κ1) is 23.2. The number of nitrogens with one attached hydrogen (secondary N) is 2. The van der Waals surface area contributed by atoms with Crippen molar-refractivity contribution in [2.45, 2.75) is 32.7 Å². The number of piperidine rings is 1. The van der Waals surface area contributed by atoms with E-state index < -0.39 is 17.8 Å². The molecule has 1 unspecified atom stereocenters. The molecule has 4 N–H and O–H groups in total. The summed E-state index contributed by atoms with van der Waals surface area (Å²) < 4.78 is 13.9. The van der Waals surface area contributed by atoms with Gasteiger partial charge in [-0.3, -0.25) is 14.4 Å². The Kier molecular flexibility index (Phi) is 7.45. The molecule has 0 aromatic heterocycles. The monoisotopic (exact) mass is 440 g/mol. The van der Waals surface area contributed by atoms with E-state index in [1.807, 2.05) is 26.0 Å². The molecule has 3 rings (SSSR count). The molecule has 8 heteroatoms. The number of carbonyl (C=O) groups is 3. The van der Waals surface area contributed by atoms with Crippen LogP contribution in [0.4, 0.5) is 15.8 Å². The molecule has 7 nitrogen and oxygen atoms in total. The van der Waals surface area contributed by atoms with Crippen LogP contribution in [0.25, 0.3) is 0 Å². The van der Waals surface area contributed by atoms with Gasteiger partial charge in [-0.2, -0.15) is 0 Å². The predicted octanol–water partition coefficient (Wildman–Crippen LogP) is 2.92. The van der Waals surface area contributed by atoms with Crippen molar-refractivity contribution in [2.24, 2.45) is 17.6 Å². The highest BCUT2D eigenvalue weighted by molar-refractivity contribution is 6.01. The maximum atomic E-state index is 13.9. The molecule has 1 aliphatic heterocycles. The van der Waals surface area contributed by atoms with Gasteiger partial charge in [-0.15, -0.1) is 0 Å². The minimum absolute atomic E-state index is 0.0719. The highest BCUT2D eigenvalue weighted by Crippen LogP contribution is 2.24. The quantitative estimate of drug-likeness (QED) is 0.616. The third-order valence-electron chi connectivity index (χ3n) is 5.75. The van der Waals surface area contributed by atoms with Crippen molar-refractivity contribution in [3.8, 4) is 0 Å². The topological polar surface area (TPSA) is 105 Å². The number of rotatable bonds is 7. The third-order valence-corrected chi connectivity index (χ3v) is 5.75. The van der Waals surface area contributed by atoms with Crippen LogP contribution in [0.5, 0.6) is 0 Å². The average molecular weight is 441 g/mol. The van der Waals surface area contributed by atoms with Gasteiger partial charge in [0.25, 0.3) is 5.91 Å². The number of primary amides is 1. The minimum atomic E-state index is -0.824. The van der Waals surface area contributed by atoms with Crippen LogP contribution in [0.1, 0.15) is 37.0 Å². The average Bonchev–Trinajstić information content (AvgIpc) is 2.78. The van der Waals surface area contributed by atoms with E-state index in [1.165, 1.54) is 18.2 Å². The lowest BCUT2D eigenvalue weighted by Crippen LogP contribution is -2.47. The Bertz CT molecular complexity index is 969. The molecule has 1 saturated heterocycles. The van der Waals surface area contributed by atoms with Crippen LogP contribution in [0, 0.1) is 17.7 Å². The lowest BCUT2D eigenvalue weighted by Gasteiger charge is -2.32. The van der Waals surface area contributed by atoms with E-state index in [9.17, 15) is 18.8 Å². The number of nitrogens with two attached hydrogens (primary N) is 1. The summed E-state index contributed by atoms with van der Waals surface area (Å²) in [7, 11) is 0. The highest BCUT2D eigenvalue weighted by Gasteiger charge is 2.26. The molecule has 1 heterocycles. The summed E-state index contributed by atoms with van der Waals surface area (Å²) in [5, 5.41) is 5.45.